The minimum Gasteiger partial charge on any atom is -0.384 e. The highest BCUT2D eigenvalue weighted by molar-refractivity contribution is 5.56. The number of benzene rings is 1. The first-order valence-corrected chi connectivity index (χ1v) is 7.33. The normalized spacial score (nSPS) is 15.4. The SMILES string of the molecule is CCC(C)N(CCOC)Cc1ccc2c(c1)CCN2. The van der Waals surface area contributed by atoms with Crippen molar-refractivity contribution in [1.29, 1.82) is 0 Å². The van der Waals surface area contributed by atoms with Crippen molar-refractivity contribution in [3.05, 3.63) is 29.3 Å². The number of nitrogens with zero attached hydrogens (tertiary/aromatic N) is 1. The van der Waals surface area contributed by atoms with Gasteiger partial charge in [-0.15, -0.1) is 0 Å². The Hall–Kier alpha value is -1.06. The fraction of sp³-hybridized carbons (Fsp3) is 0.625. The van der Waals surface area contributed by atoms with Crippen molar-refractivity contribution in [3.8, 4) is 0 Å². The van der Waals surface area contributed by atoms with Gasteiger partial charge in [0, 0.05) is 38.5 Å². The Balaban J connectivity index is 2.03. The van der Waals surface area contributed by atoms with Crippen LogP contribution in [0.2, 0.25) is 0 Å². The second-order valence-corrected chi connectivity index (χ2v) is 5.39. The molecule has 1 unspecified atom stereocenters. The van der Waals surface area contributed by atoms with E-state index < -0.39 is 0 Å². The van der Waals surface area contributed by atoms with Crippen LogP contribution in [0.1, 0.15) is 31.4 Å². The van der Waals surface area contributed by atoms with E-state index >= 15 is 0 Å². The largest absolute Gasteiger partial charge is 0.384 e. The summed E-state index contributed by atoms with van der Waals surface area (Å²) in [7, 11) is 1.77. The second-order valence-electron chi connectivity index (χ2n) is 5.39. The molecule has 3 heteroatoms. The van der Waals surface area contributed by atoms with Crippen molar-refractivity contribution >= 4 is 5.69 Å². The first-order valence-electron chi connectivity index (χ1n) is 7.33. The van der Waals surface area contributed by atoms with Gasteiger partial charge in [-0.2, -0.15) is 0 Å². The zero-order valence-electron chi connectivity index (χ0n) is 12.4. The predicted molar refractivity (Wildman–Crippen MR) is 80.7 cm³/mol. The maximum atomic E-state index is 5.23. The summed E-state index contributed by atoms with van der Waals surface area (Å²) in [5, 5.41) is 3.42. The molecule has 1 aromatic rings. The van der Waals surface area contributed by atoms with Crippen LogP contribution in [0.15, 0.2) is 18.2 Å². The van der Waals surface area contributed by atoms with E-state index in [1.54, 1.807) is 7.11 Å². The van der Waals surface area contributed by atoms with Gasteiger partial charge in [0.05, 0.1) is 6.61 Å². The predicted octanol–water partition coefficient (Wildman–Crippen LogP) is 2.90. The zero-order valence-corrected chi connectivity index (χ0v) is 12.4. The standard InChI is InChI=1S/C16H26N2O/c1-4-13(2)18(9-10-19-3)12-14-5-6-16-15(11-14)7-8-17-16/h5-6,11,13,17H,4,7-10,12H2,1-3H3. The van der Waals surface area contributed by atoms with E-state index in [0.29, 0.717) is 6.04 Å². The van der Waals surface area contributed by atoms with E-state index in [0.717, 1.165) is 32.7 Å². The lowest BCUT2D eigenvalue weighted by atomic mass is 10.1. The number of rotatable bonds is 7. The lowest BCUT2D eigenvalue weighted by Gasteiger charge is -2.28. The van der Waals surface area contributed by atoms with Crippen LogP contribution in [0.5, 0.6) is 0 Å². The number of fused-ring (bicyclic) bond motifs is 1. The average molecular weight is 262 g/mol. The van der Waals surface area contributed by atoms with Crippen molar-refractivity contribution in [1.82, 2.24) is 4.90 Å². The monoisotopic (exact) mass is 262 g/mol. The van der Waals surface area contributed by atoms with Crippen LogP contribution >= 0.6 is 0 Å². The highest BCUT2D eigenvalue weighted by atomic mass is 16.5. The summed E-state index contributed by atoms with van der Waals surface area (Å²) < 4.78 is 5.23. The lowest BCUT2D eigenvalue weighted by molar-refractivity contribution is 0.118. The van der Waals surface area contributed by atoms with Gasteiger partial charge in [-0.05, 0) is 37.0 Å². The molecule has 2 rings (SSSR count). The first-order chi connectivity index (χ1) is 9.24. The molecule has 0 spiro atoms. The molecular formula is C16H26N2O. The van der Waals surface area contributed by atoms with Gasteiger partial charge >= 0.3 is 0 Å². The Labute approximate surface area is 116 Å². The molecule has 1 aromatic carbocycles. The fourth-order valence-corrected chi connectivity index (χ4v) is 2.61. The van der Waals surface area contributed by atoms with Gasteiger partial charge in [0.15, 0.2) is 0 Å². The van der Waals surface area contributed by atoms with Crippen LogP contribution in [-0.4, -0.2) is 37.7 Å². The quantitative estimate of drug-likeness (QED) is 0.817. The summed E-state index contributed by atoms with van der Waals surface area (Å²) in [6, 6.07) is 7.43. The molecule has 1 aliphatic heterocycles. The maximum Gasteiger partial charge on any atom is 0.0589 e. The smallest absolute Gasteiger partial charge is 0.0589 e. The van der Waals surface area contributed by atoms with E-state index in [-0.39, 0.29) is 0 Å². The third-order valence-electron chi connectivity index (χ3n) is 4.06. The summed E-state index contributed by atoms with van der Waals surface area (Å²) in [5.41, 5.74) is 4.20. The van der Waals surface area contributed by atoms with E-state index in [4.69, 9.17) is 4.74 Å². The number of hydrogen-bond donors (Lipinski definition) is 1. The van der Waals surface area contributed by atoms with Crippen molar-refractivity contribution in [2.24, 2.45) is 0 Å². The first kappa shape index (κ1) is 14.4. The molecule has 1 N–H and O–H groups in total. The van der Waals surface area contributed by atoms with Crippen LogP contribution in [0.3, 0.4) is 0 Å². The van der Waals surface area contributed by atoms with Crippen molar-refractivity contribution in [3.63, 3.8) is 0 Å². The number of methoxy groups -OCH3 is 1. The van der Waals surface area contributed by atoms with Crippen LogP contribution < -0.4 is 5.32 Å². The van der Waals surface area contributed by atoms with Crippen LogP contribution in [0.25, 0.3) is 0 Å². The maximum absolute atomic E-state index is 5.23. The van der Waals surface area contributed by atoms with Gasteiger partial charge in [-0.3, -0.25) is 4.90 Å². The molecule has 1 aliphatic rings. The Morgan fingerprint density at radius 3 is 3.00 bits per heavy atom. The molecule has 0 saturated heterocycles. The van der Waals surface area contributed by atoms with Gasteiger partial charge < -0.3 is 10.1 Å². The number of ether oxygens (including phenoxy) is 1. The molecule has 0 saturated carbocycles. The molecule has 0 amide bonds. The molecule has 1 heterocycles. The molecule has 0 aromatic heterocycles. The van der Waals surface area contributed by atoms with Crippen molar-refractivity contribution < 1.29 is 4.74 Å². The van der Waals surface area contributed by atoms with E-state index in [2.05, 4.69) is 42.3 Å². The van der Waals surface area contributed by atoms with Gasteiger partial charge in [0.2, 0.25) is 0 Å². The lowest BCUT2D eigenvalue weighted by Crippen LogP contribution is -2.34. The highest BCUT2D eigenvalue weighted by Gasteiger charge is 2.15. The number of hydrogen-bond acceptors (Lipinski definition) is 3. The fourth-order valence-electron chi connectivity index (χ4n) is 2.61. The molecule has 0 fully saturated rings. The highest BCUT2D eigenvalue weighted by Crippen LogP contribution is 2.24. The van der Waals surface area contributed by atoms with Gasteiger partial charge in [-0.25, -0.2) is 0 Å². The third kappa shape index (κ3) is 3.71. The topological polar surface area (TPSA) is 24.5 Å². The number of nitrogens with one attached hydrogen (secondary N) is 1. The Bertz CT molecular complexity index is 406. The summed E-state index contributed by atoms with van der Waals surface area (Å²) in [4.78, 5) is 2.51. The molecule has 0 radical (unpaired) electrons. The van der Waals surface area contributed by atoms with Gasteiger partial charge in [0.1, 0.15) is 0 Å². The van der Waals surface area contributed by atoms with Crippen LogP contribution in [0, 0.1) is 0 Å². The number of anilines is 1. The Morgan fingerprint density at radius 2 is 2.26 bits per heavy atom. The molecule has 106 valence electrons. The van der Waals surface area contributed by atoms with E-state index in [1.165, 1.54) is 23.2 Å². The van der Waals surface area contributed by atoms with Crippen LogP contribution in [-0.2, 0) is 17.7 Å². The molecule has 19 heavy (non-hydrogen) atoms. The molecule has 0 aliphatic carbocycles. The molecular weight excluding hydrogens is 236 g/mol. The minimum absolute atomic E-state index is 0.599. The summed E-state index contributed by atoms with van der Waals surface area (Å²) >= 11 is 0. The van der Waals surface area contributed by atoms with Gasteiger partial charge in [-0.1, -0.05) is 19.1 Å². The molecule has 1 atom stereocenters. The molecule has 3 nitrogen and oxygen atoms in total. The minimum atomic E-state index is 0.599. The van der Waals surface area contributed by atoms with Gasteiger partial charge in [0.25, 0.3) is 0 Å². The Kier molecular flexibility index (Phi) is 5.23. The summed E-state index contributed by atoms with van der Waals surface area (Å²) in [6.45, 7) is 8.45. The average Bonchev–Trinajstić information content (AvgIpc) is 2.90. The van der Waals surface area contributed by atoms with E-state index in [9.17, 15) is 0 Å². The van der Waals surface area contributed by atoms with E-state index in [1.807, 2.05) is 0 Å². The van der Waals surface area contributed by atoms with Crippen LogP contribution in [0.4, 0.5) is 5.69 Å². The summed E-state index contributed by atoms with van der Waals surface area (Å²) in [5.74, 6) is 0. The summed E-state index contributed by atoms with van der Waals surface area (Å²) in [6.07, 6.45) is 2.33. The van der Waals surface area contributed by atoms with Crippen molar-refractivity contribution in [2.75, 3.05) is 32.1 Å². The van der Waals surface area contributed by atoms with Crippen molar-refractivity contribution in [2.45, 2.75) is 39.3 Å². The Morgan fingerprint density at radius 1 is 1.42 bits per heavy atom. The zero-order chi connectivity index (χ0) is 13.7. The molecule has 0 bridgehead atoms. The third-order valence-corrected chi connectivity index (χ3v) is 4.06. The second kappa shape index (κ2) is 6.92.